The molecule has 1 heterocycles. The highest BCUT2D eigenvalue weighted by molar-refractivity contribution is 5.80. The van der Waals surface area contributed by atoms with Gasteiger partial charge in [-0.05, 0) is 39.8 Å². The van der Waals surface area contributed by atoms with Crippen molar-refractivity contribution >= 4 is 12.1 Å². The Morgan fingerprint density at radius 2 is 2.14 bits per heavy atom. The molecule has 0 unspecified atom stereocenters. The Kier molecular flexibility index (Phi) is 5.93. The lowest BCUT2D eigenvalue weighted by Gasteiger charge is -2.28. The van der Waals surface area contributed by atoms with Crippen LogP contribution in [0.25, 0.3) is 0 Å². The van der Waals surface area contributed by atoms with Gasteiger partial charge in [0, 0.05) is 18.0 Å². The first-order valence-corrected chi connectivity index (χ1v) is 6.82. The molecule has 0 bridgehead atoms. The predicted molar refractivity (Wildman–Crippen MR) is 81.2 cm³/mol. The maximum atomic E-state index is 12.1. The van der Waals surface area contributed by atoms with Crippen LogP contribution < -0.4 is 0 Å². The van der Waals surface area contributed by atoms with Crippen LogP contribution >= 0.6 is 0 Å². The molecule has 1 N–H and O–H groups in total. The molecule has 1 aromatic rings. The van der Waals surface area contributed by atoms with E-state index in [2.05, 4.69) is 16.8 Å². The Balaban J connectivity index is 2.86. The van der Waals surface area contributed by atoms with Crippen LogP contribution in [0.1, 0.15) is 33.3 Å². The van der Waals surface area contributed by atoms with Gasteiger partial charge >= 0.3 is 12.1 Å². The van der Waals surface area contributed by atoms with Crippen LogP contribution in [-0.2, 0) is 9.53 Å². The molecular formula is C16H20N2O4. The van der Waals surface area contributed by atoms with Gasteiger partial charge in [0.15, 0.2) is 0 Å². The number of amides is 1. The summed E-state index contributed by atoms with van der Waals surface area (Å²) < 4.78 is 5.22. The third-order valence-electron chi connectivity index (χ3n) is 2.60. The van der Waals surface area contributed by atoms with Gasteiger partial charge in [0.2, 0.25) is 0 Å². The summed E-state index contributed by atoms with van der Waals surface area (Å²) in [5.74, 6) is 4.49. The quantitative estimate of drug-likeness (QED) is 0.865. The highest BCUT2D eigenvalue weighted by atomic mass is 16.6. The zero-order chi connectivity index (χ0) is 16.8. The summed E-state index contributed by atoms with van der Waals surface area (Å²) in [4.78, 5) is 28.3. The summed E-state index contributed by atoms with van der Waals surface area (Å²) in [5.41, 5.74) is -0.0146. The molecule has 1 aromatic heterocycles. The fourth-order valence-corrected chi connectivity index (χ4v) is 1.48. The van der Waals surface area contributed by atoms with Gasteiger partial charge in [-0.15, -0.1) is 0 Å². The van der Waals surface area contributed by atoms with E-state index in [1.54, 1.807) is 45.3 Å². The molecule has 118 valence electrons. The summed E-state index contributed by atoms with van der Waals surface area (Å²) in [5, 5.41) is 9.11. The molecule has 0 aliphatic carbocycles. The van der Waals surface area contributed by atoms with Crippen molar-refractivity contribution in [3.63, 3.8) is 0 Å². The second-order valence-corrected chi connectivity index (χ2v) is 5.67. The van der Waals surface area contributed by atoms with Crippen LogP contribution in [0.4, 0.5) is 4.79 Å². The number of rotatable bonds is 3. The Labute approximate surface area is 130 Å². The standard InChI is InChI=1S/C16H20N2O4/c1-12(14(19)20)18(15(21)22-16(2,3)4)10-6-8-13-7-5-9-17-11-13/h5,7,9,11-12H,10H2,1-4H3,(H,19,20)/t12-/m0/s1. The highest BCUT2D eigenvalue weighted by Crippen LogP contribution is 2.12. The summed E-state index contributed by atoms with van der Waals surface area (Å²) in [7, 11) is 0. The normalized spacial score (nSPS) is 11.8. The maximum absolute atomic E-state index is 12.1. The van der Waals surface area contributed by atoms with Crippen molar-refractivity contribution in [2.24, 2.45) is 0 Å². The number of pyridine rings is 1. The second-order valence-electron chi connectivity index (χ2n) is 5.67. The van der Waals surface area contributed by atoms with E-state index in [-0.39, 0.29) is 6.54 Å². The van der Waals surface area contributed by atoms with E-state index in [9.17, 15) is 9.59 Å². The lowest BCUT2D eigenvalue weighted by molar-refractivity contribution is -0.142. The number of hydrogen-bond acceptors (Lipinski definition) is 4. The van der Waals surface area contributed by atoms with Crippen molar-refractivity contribution < 1.29 is 19.4 Å². The summed E-state index contributed by atoms with van der Waals surface area (Å²) >= 11 is 0. The first kappa shape index (κ1) is 17.5. The van der Waals surface area contributed by atoms with Crippen LogP contribution in [0.15, 0.2) is 24.5 Å². The zero-order valence-corrected chi connectivity index (χ0v) is 13.2. The number of aromatic nitrogens is 1. The fraction of sp³-hybridized carbons (Fsp3) is 0.438. The Morgan fingerprint density at radius 3 is 2.64 bits per heavy atom. The van der Waals surface area contributed by atoms with E-state index in [4.69, 9.17) is 9.84 Å². The molecular weight excluding hydrogens is 284 g/mol. The van der Waals surface area contributed by atoms with Gasteiger partial charge < -0.3 is 9.84 Å². The van der Waals surface area contributed by atoms with Crippen LogP contribution in [0.2, 0.25) is 0 Å². The monoisotopic (exact) mass is 304 g/mol. The first-order valence-electron chi connectivity index (χ1n) is 6.82. The van der Waals surface area contributed by atoms with Crippen molar-refractivity contribution in [1.82, 2.24) is 9.88 Å². The first-order chi connectivity index (χ1) is 10.2. The van der Waals surface area contributed by atoms with Gasteiger partial charge in [0.1, 0.15) is 11.6 Å². The second kappa shape index (κ2) is 7.46. The van der Waals surface area contributed by atoms with Crippen LogP contribution in [0.3, 0.4) is 0 Å². The number of aliphatic carboxylic acids is 1. The number of nitrogens with zero attached hydrogens (tertiary/aromatic N) is 2. The number of hydrogen-bond donors (Lipinski definition) is 1. The molecule has 1 amide bonds. The fourth-order valence-electron chi connectivity index (χ4n) is 1.48. The van der Waals surface area contributed by atoms with E-state index in [1.807, 2.05) is 0 Å². The summed E-state index contributed by atoms with van der Waals surface area (Å²) in [6.45, 7) is 6.52. The van der Waals surface area contributed by atoms with Gasteiger partial charge in [0.05, 0.1) is 6.54 Å². The van der Waals surface area contributed by atoms with Gasteiger partial charge in [0.25, 0.3) is 0 Å². The number of carbonyl (C=O) groups excluding carboxylic acids is 1. The minimum Gasteiger partial charge on any atom is -0.480 e. The molecule has 0 fully saturated rings. The van der Waals surface area contributed by atoms with Gasteiger partial charge in [-0.3, -0.25) is 9.88 Å². The zero-order valence-electron chi connectivity index (χ0n) is 13.2. The molecule has 0 saturated heterocycles. The average molecular weight is 304 g/mol. The molecule has 0 aliphatic heterocycles. The molecule has 1 atom stereocenters. The average Bonchev–Trinajstić information content (AvgIpc) is 2.42. The SMILES string of the molecule is C[C@@H](C(=O)O)N(CC#Cc1cccnc1)C(=O)OC(C)(C)C. The predicted octanol–water partition coefficient (Wildman–Crippen LogP) is 2.14. The van der Waals surface area contributed by atoms with Crippen molar-refractivity contribution in [3.05, 3.63) is 30.1 Å². The minimum absolute atomic E-state index is 0.0444. The molecule has 1 rings (SSSR count). The topological polar surface area (TPSA) is 79.7 Å². The largest absolute Gasteiger partial charge is 0.480 e. The van der Waals surface area contributed by atoms with E-state index in [0.29, 0.717) is 5.56 Å². The molecule has 0 saturated carbocycles. The van der Waals surface area contributed by atoms with E-state index >= 15 is 0 Å². The summed E-state index contributed by atoms with van der Waals surface area (Å²) in [6, 6.07) is 2.49. The lowest BCUT2D eigenvalue weighted by Crippen LogP contribution is -2.45. The van der Waals surface area contributed by atoms with Crippen LogP contribution in [0.5, 0.6) is 0 Å². The van der Waals surface area contributed by atoms with Crippen molar-refractivity contribution in [1.29, 1.82) is 0 Å². The Bertz CT molecular complexity index is 582. The van der Waals surface area contributed by atoms with Crippen molar-refractivity contribution in [2.75, 3.05) is 6.54 Å². The van der Waals surface area contributed by atoms with E-state index < -0.39 is 23.7 Å². The molecule has 0 spiro atoms. The maximum Gasteiger partial charge on any atom is 0.411 e. The van der Waals surface area contributed by atoms with Crippen molar-refractivity contribution in [2.45, 2.75) is 39.3 Å². The van der Waals surface area contributed by atoms with E-state index in [1.165, 1.54) is 6.92 Å². The van der Waals surface area contributed by atoms with Crippen LogP contribution in [-0.4, -0.2) is 45.2 Å². The minimum atomic E-state index is -1.12. The molecule has 6 heteroatoms. The smallest absolute Gasteiger partial charge is 0.411 e. The number of carboxylic acids is 1. The molecule has 0 aliphatic rings. The molecule has 22 heavy (non-hydrogen) atoms. The number of ether oxygens (including phenoxy) is 1. The Morgan fingerprint density at radius 1 is 1.45 bits per heavy atom. The number of carbonyl (C=O) groups is 2. The number of carboxylic acid groups (broad SMARTS) is 1. The molecule has 6 nitrogen and oxygen atoms in total. The van der Waals surface area contributed by atoms with Gasteiger partial charge in [-0.25, -0.2) is 9.59 Å². The van der Waals surface area contributed by atoms with Crippen LogP contribution in [0, 0.1) is 11.8 Å². The van der Waals surface area contributed by atoms with E-state index in [0.717, 1.165) is 4.90 Å². The summed E-state index contributed by atoms with van der Waals surface area (Å²) in [6.07, 6.45) is 2.51. The lowest BCUT2D eigenvalue weighted by atomic mass is 10.2. The van der Waals surface area contributed by atoms with Gasteiger partial charge in [-0.2, -0.15) is 0 Å². The molecule has 0 aromatic carbocycles. The highest BCUT2D eigenvalue weighted by Gasteiger charge is 2.29. The Hall–Kier alpha value is -2.55. The third-order valence-corrected chi connectivity index (χ3v) is 2.60. The van der Waals surface area contributed by atoms with Crippen molar-refractivity contribution in [3.8, 4) is 11.8 Å². The molecule has 0 radical (unpaired) electrons. The third kappa shape index (κ3) is 5.83. The van der Waals surface area contributed by atoms with Gasteiger partial charge in [-0.1, -0.05) is 11.8 Å².